The van der Waals surface area contributed by atoms with Crippen molar-refractivity contribution in [1.29, 1.82) is 0 Å². The van der Waals surface area contributed by atoms with E-state index in [0.717, 1.165) is 5.56 Å². The minimum absolute atomic E-state index is 0.0791. The number of carbonyl (C=O) groups is 1. The molecule has 0 spiro atoms. The van der Waals surface area contributed by atoms with Crippen LogP contribution in [0.15, 0.2) is 18.2 Å². The van der Waals surface area contributed by atoms with Gasteiger partial charge in [0, 0.05) is 16.1 Å². The highest BCUT2D eigenvalue weighted by atomic mass is 35.5. The number of halogens is 2. The average Bonchev–Trinajstić information content (AvgIpc) is 2.32. The van der Waals surface area contributed by atoms with Crippen molar-refractivity contribution in [2.75, 3.05) is 6.61 Å². The van der Waals surface area contributed by atoms with Gasteiger partial charge in [0.05, 0.1) is 12.6 Å². The maximum Gasteiger partial charge on any atom is 0.315 e. The summed E-state index contributed by atoms with van der Waals surface area (Å²) < 4.78 is 0. The Labute approximate surface area is 123 Å². The normalized spacial score (nSPS) is 13.7. The van der Waals surface area contributed by atoms with Crippen LogP contribution in [-0.2, 0) is 6.42 Å². The minimum Gasteiger partial charge on any atom is -0.394 e. The van der Waals surface area contributed by atoms with E-state index in [4.69, 9.17) is 28.3 Å². The van der Waals surface area contributed by atoms with Crippen molar-refractivity contribution in [2.24, 2.45) is 0 Å². The molecular formula is C13H18Cl2N2O2. The third-order valence-corrected chi connectivity index (χ3v) is 3.16. The summed E-state index contributed by atoms with van der Waals surface area (Å²) in [6, 6.07) is 4.63. The molecule has 0 radical (unpaired) electrons. The Balaban J connectivity index is 2.50. The Morgan fingerprint density at radius 1 is 1.26 bits per heavy atom. The number of amides is 2. The molecule has 0 saturated carbocycles. The molecule has 6 heteroatoms. The van der Waals surface area contributed by atoms with Gasteiger partial charge in [-0.05, 0) is 38.0 Å². The van der Waals surface area contributed by atoms with Gasteiger partial charge in [-0.3, -0.25) is 0 Å². The fraction of sp³-hybridized carbons (Fsp3) is 0.462. The lowest BCUT2D eigenvalue weighted by atomic mass is 10.1. The van der Waals surface area contributed by atoms with Gasteiger partial charge in [-0.2, -0.15) is 0 Å². The van der Waals surface area contributed by atoms with E-state index < -0.39 is 0 Å². The van der Waals surface area contributed by atoms with E-state index in [0.29, 0.717) is 16.5 Å². The molecule has 3 N–H and O–H groups in total. The molecule has 0 aliphatic carbocycles. The highest BCUT2D eigenvalue weighted by Gasteiger charge is 2.11. The summed E-state index contributed by atoms with van der Waals surface area (Å²) in [4.78, 5) is 11.6. The quantitative estimate of drug-likeness (QED) is 0.783. The van der Waals surface area contributed by atoms with Crippen molar-refractivity contribution in [1.82, 2.24) is 10.6 Å². The molecule has 2 atom stereocenters. The first-order valence-electron chi connectivity index (χ1n) is 6.04. The van der Waals surface area contributed by atoms with Gasteiger partial charge in [0.15, 0.2) is 0 Å². The van der Waals surface area contributed by atoms with E-state index >= 15 is 0 Å². The second kappa shape index (κ2) is 7.58. The lowest BCUT2D eigenvalue weighted by molar-refractivity contribution is 0.218. The summed E-state index contributed by atoms with van der Waals surface area (Å²) in [6.07, 6.45) is 0.608. The Hall–Kier alpha value is -0.970. The molecule has 1 aromatic rings. The largest absolute Gasteiger partial charge is 0.394 e. The zero-order valence-corrected chi connectivity index (χ0v) is 12.4. The van der Waals surface area contributed by atoms with Gasteiger partial charge < -0.3 is 15.7 Å². The topological polar surface area (TPSA) is 61.4 Å². The predicted octanol–water partition coefficient (Wildman–Crippen LogP) is 2.60. The Bertz CT molecular complexity index is 441. The number of aliphatic hydroxyl groups excluding tert-OH is 1. The molecule has 19 heavy (non-hydrogen) atoms. The van der Waals surface area contributed by atoms with Crippen LogP contribution in [0.4, 0.5) is 4.79 Å². The van der Waals surface area contributed by atoms with E-state index in [2.05, 4.69) is 10.6 Å². The smallest absolute Gasteiger partial charge is 0.315 e. The van der Waals surface area contributed by atoms with Gasteiger partial charge in [-0.25, -0.2) is 4.79 Å². The van der Waals surface area contributed by atoms with Crippen molar-refractivity contribution < 1.29 is 9.90 Å². The van der Waals surface area contributed by atoms with Gasteiger partial charge in [0.2, 0.25) is 0 Å². The molecule has 0 fully saturated rings. The van der Waals surface area contributed by atoms with Crippen molar-refractivity contribution in [3.8, 4) is 0 Å². The Morgan fingerprint density at radius 2 is 1.89 bits per heavy atom. The first kappa shape index (κ1) is 16.1. The van der Waals surface area contributed by atoms with Gasteiger partial charge in [0.25, 0.3) is 0 Å². The molecule has 0 heterocycles. The zero-order valence-electron chi connectivity index (χ0n) is 10.9. The van der Waals surface area contributed by atoms with Crippen LogP contribution >= 0.6 is 23.2 Å². The van der Waals surface area contributed by atoms with Crippen LogP contribution < -0.4 is 10.6 Å². The first-order chi connectivity index (χ1) is 8.92. The van der Waals surface area contributed by atoms with E-state index in [-0.39, 0.29) is 24.7 Å². The van der Waals surface area contributed by atoms with Crippen LogP contribution in [0.2, 0.25) is 10.0 Å². The third kappa shape index (κ3) is 5.68. The molecule has 1 rings (SSSR count). The highest BCUT2D eigenvalue weighted by Crippen LogP contribution is 2.22. The zero-order chi connectivity index (χ0) is 14.4. The van der Waals surface area contributed by atoms with Crippen molar-refractivity contribution in [3.05, 3.63) is 33.8 Å². The number of rotatable bonds is 5. The molecule has 0 saturated heterocycles. The van der Waals surface area contributed by atoms with E-state index in [1.165, 1.54) is 0 Å². The van der Waals surface area contributed by atoms with E-state index in [9.17, 15) is 4.79 Å². The Morgan fingerprint density at radius 3 is 2.47 bits per heavy atom. The number of carbonyl (C=O) groups excluding carboxylic acids is 1. The van der Waals surface area contributed by atoms with Crippen LogP contribution in [0.5, 0.6) is 0 Å². The first-order valence-corrected chi connectivity index (χ1v) is 6.79. The van der Waals surface area contributed by atoms with Crippen LogP contribution in [0.3, 0.4) is 0 Å². The van der Waals surface area contributed by atoms with Gasteiger partial charge in [0.1, 0.15) is 0 Å². The monoisotopic (exact) mass is 304 g/mol. The minimum atomic E-state index is -0.306. The van der Waals surface area contributed by atoms with Gasteiger partial charge >= 0.3 is 6.03 Å². The molecule has 4 nitrogen and oxygen atoms in total. The van der Waals surface area contributed by atoms with Crippen LogP contribution in [-0.4, -0.2) is 29.8 Å². The molecular weight excluding hydrogens is 287 g/mol. The lowest BCUT2D eigenvalue weighted by Crippen LogP contribution is -2.46. The van der Waals surface area contributed by atoms with E-state index in [1.807, 2.05) is 13.0 Å². The summed E-state index contributed by atoms with van der Waals surface area (Å²) in [6.45, 7) is 3.51. The maximum atomic E-state index is 11.6. The summed E-state index contributed by atoms with van der Waals surface area (Å²) in [5, 5.41) is 15.4. The van der Waals surface area contributed by atoms with Crippen LogP contribution in [0.1, 0.15) is 19.4 Å². The van der Waals surface area contributed by atoms with Crippen molar-refractivity contribution in [3.63, 3.8) is 0 Å². The molecule has 106 valence electrons. The van der Waals surface area contributed by atoms with Crippen LogP contribution in [0.25, 0.3) is 0 Å². The average molecular weight is 305 g/mol. The summed E-state index contributed by atoms with van der Waals surface area (Å²) >= 11 is 11.9. The number of hydrogen-bond acceptors (Lipinski definition) is 2. The Kier molecular flexibility index (Phi) is 6.42. The van der Waals surface area contributed by atoms with Crippen LogP contribution in [0, 0.1) is 0 Å². The second-order valence-corrected chi connectivity index (χ2v) is 5.39. The number of nitrogens with one attached hydrogen (secondary N) is 2. The lowest BCUT2D eigenvalue weighted by Gasteiger charge is -2.17. The number of aliphatic hydroxyl groups is 1. The molecule has 0 aliphatic rings. The maximum absolute atomic E-state index is 11.6. The van der Waals surface area contributed by atoms with E-state index in [1.54, 1.807) is 19.1 Å². The van der Waals surface area contributed by atoms with Gasteiger partial charge in [-0.15, -0.1) is 0 Å². The van der Waals surface area contributed by atoms with Crippen molar-refractivity contribution in [2.45, 2.75) is 32.4 Å². The third-order valence-electron chi connectivity index (χ3n) is 2.57. The SMILES string of the molecule is CC(CO)NC(=O)NC(C)Cc1ccc(Cl)cc1Cl. The predicted molar refractivity (Wildman–Crippen MR) is 77.8 cm³/mol. The summed E-state index contributed by atoms with van der Waals surface area (Å²) in [5.41, 5.74) is 0.925. The molecule has 0 bridgehead atoms. The molecule has 2 unspecified atom stereocenters. The number of hydrogen-bond donors (Lipinski definition) is 3. The van der Waals surface area contributed by atoms with Gasteiger partial charge in [-0.1, -0.05) is 29.3 Å². The number of urea groups is 1. The molecule has 2 amide bonds. The second-order valence-electron chi connectivity index (χ2n) is 4.54. The fourth-order valence-electron chi connectivity index (χ4n) is 1.60. The summed E-state index contributed by atoms with van der Waals surface area (Å²) in [5.74, 6) is 0. The standard InChI is InChI=1S/C13H18Cl2N2O2/c1-8(16-13(19)17-9(2)7-18)5-10-3-4-11(14)6-12(10)15/h3-4,6,8-9,18H,5,7H2,1-2H3,(H2,16,17,19). The fourth-order valence-corrected chi connectivity index (χ4v) is 2.09. The summed E-state index contributed by atoms with van der Waals surface area (Å²) in [7, 11) is 0. The molecule has 0 aromatic heterocycles. The van der Waals surface area contributed by atoms with Crippen molar-refractivity contribution >= 4 is 29.2 Å². The number of benzene rings is 1. The highest BCUT2D eigenvalue weighted by molar-refractivity contribution is 6.35. The molecule has 1 aromatic carbocycles. The molecule has 0 aliphatic heterocycles.